The van der Waals surface area contributed by atoms with Gasteiger partial charge in [-0.15, -0.1) is 0 Å². The van der Waals surface area contributed by atoms with Crippen LogP contribution in [-0.2, 0) is 0 Å². The Kier molecular flexibility index (Phi) is 3.59. The Labute approximate surface area is 104 Å². The molecule has 0 amide bonds. The Morgan fingerprint density at radius 1 is 1.47 bits per heavy atom. The van der Waals surface area contributed by atoms with Crippen molar-refractivity contribution in [3.8, 4) is 0 Å². The molecule has 0 radical (unpaired) electrons. The minimum atomic E-state index is -0.638. The largest absolute Gasteiger partial charge is 0.393 e. The van der Waals surface area contributed by atoms with Crippen molar-refractivity contribution in [2.75, 3.05) is 0 Å². The summed E-state index contributed by atoms with van der Waals surface area (Å²) in [6.07, 6.45) is 2.40. The standard InChI is InChI=1S/C11H13ClN2O3/c12-11-4-1-7(6-13-11)9-5-8(15)2-3-10(9)14(16)17/h1,4,6,8-10,15H,2-3,5H2/t8-,9+,10-/m1/s1. The van der Waals surface area contributed by atoms with Gasteiger partial charge >= 0.3 is 0 Å². The van der Waals surface area contributed by atoms with Crippen LogP contribution in [0.1, 0.15) is 30.7 Å². The molecule has 0 unspecified atom stereocenters. The molecular weight excluding hydrogens is 244 g/mol. The molecular formula is C11H13ClN2O3. The number of aliphatic hydroxyl groups is 1. The zero-order valence-corrected chi connectivity index (χ0v) is 9.88. The van der Waals surface area contributed by atoms with Crippen LogP contribution < -0.4 is 0 Å². The number of hydrogen-bond acceptors (Lipinski definition) is 4. The molecule has 1 aromatic heterocycles. The molecule has 0 aromatic carbocycles. The van der Waals surface area contributed by atoms with Gasteiger partial charge in [0.25, 0.3) is 0 Å². The van der Waals surface area contributed by atoms with E-state index in [4.69, 9.17) is 11.6 Å². The average molecular weight is 257 g/mol. The first-order valence-electron chi connectivity index (χ1n) is 5.51. The van der Waals surface area contributed by atoms with Crippen molar-refractivity contribution in [1.29, 1.82) is 0 Å². The number of rotatable bonds is 2. The first kappa shape index (κ1) is 12.3. The molecule has 5 nitrogen and oxygen atoms in total. The van der Waals surface area contributed by atoms with Crippen LogP contribution in [0.3, 0.4) is 0 Å². The summed E-state index contributed by atoms with van der Waals surface area (Å²) in [5, 5.41) is 21.0. The summed E-state index contributed by atoms with van der Waals surface area (Å²) < 4.78 is 0. The molecule has 92 valence electrons. The molecule has 3 atom stereocenters. The number of nitrogens with zero attached hydrogens (tertiary/aromatic N) is 2. The fraction of sp³-hybridized carbons (Fsp3) is 0.545. The zero-order chi connectivity index (χ0) is 12.4. The molecule has 1 aliphatic rings. The highest BCUT2D eigenvalue weighted by molar-refractivity contribution is 6.29. The quantitative estimate of drug-likeness (QED) is 0.499. The van der Waals surface area contributed by atoms with Crippen LogP contribution in [0.4, 0.5) is 0 Å². The first-order valence-corrected chi connectivity index (χ1v) is 5.88. The first-order chi connectivity index (χ1) is 8.08. The Bertz CT molecular complexity index is 410. The average Bonchev–Trinajstić information content (AvgIpc) is 2.29. The SMILES string of the molecule is O=[N+]([O-])[C@@H]1CC[C@@H](O)C[C@H]1c1ccc(Cl)nc1. The summed E-state index contributed by atoms with van der Waals surface area (Å²) in [6.45, 7) is 0. The van der Waals surface area contributed by atoms with Crippen LogP contribution in [0.15, 0.2) is 18.3 Å². The van der Waals surface area contributed by atoms with E-state index in [1.165, 1.54) is 0 Å². The van der Waals surface area contributed by atoms with Crippen molar-refractivity contribution in [2.24, 2.45) is 0 Å². The normalized spacial score (nSPS) is 28.9. The fourth-order valence-electron chi connectivity index (χ4n) is 2.35. The van der Waals surface area contributed by atoms with Crippen LogP contribution in [0, 0.1) is 10.1 Å². The molecule has 1 saturated carbocycles. The summed E-state index contributed by atoms with van der Waals surface area (Å²) in [5.74, 6) is -0.279. The van der Waals surface area contributed by atoms with E-state index in [0.29, 0.717) is 24.4 Å². The van der Waals surface area contributed by atoms with Crippen molar-refractivity contribution in [1.82, 2.24) is 4.98 Å². The molecule has 1 heterocycles. The summed E-state index contributed by atoms with van der Waals surface area (Å²) in [5.41, 5.74) is 0.773. The van der Waals surface area contributed by atoms with E-state index in [1.54, 1.807) is 18.3 Å². The Morgan fingerprint density at radius 2 is 2.24 bits per heavy atom. The second-order valence-electron chi connectivity index (χ2n) is 4.34. The zero-order valence-electron chi connectivity index (χ0n) is 9.12. The van der Waals surface area contributed by atoms with Crippen LogP contribution >= 0.6 is 11.6 Å². The third kappa shape index (κ3) is 2.73. The molecule has 1 fully saturated rings. The second-order valence-corrected chi connectivity index (χ2v) is 4.73. The van der Waals surface area contributed by atoms with Crippen LogP contribution in [0.5, 0.6) is 0 Å². The van der Waals surface area contributed by atoms with Crippen molar-refractivity contribution in [3.63, 3.8) is 0 Å². The van der Waals surface area contributed by atoms with Gasteiger partial charge in [-0.25, -0.2) is 4.98 Å². The van der Waals surface area contributed by atoms with E-state index in [1.807, 2.05) is 0 Å². The topological polar surface area (TPSA) is 76.3 Å². The van der Waals surface area contributed by atoms with Crippen molar-refractivity contribution in [3.05, 3.63) is 39.2 Å². The monoisotopic (exact) mass is 256 g/mol. The van der Waals surface area contributed by atoms with E-state index in [0.717, 1.165) is 5.56 Å². The molecule has 0 aliphatic heterocycles. The fourth-order valence-corrected chi connectivity index (χ4v) is 2.46. The molecule has 0 saturated heterocycles. The van der Waals surface area contributed by atoms with E-state index in [9.17, 15) is 15.2 Å². The lowest BCUT2D eigenvalue weighted by Crippen LogP contribution is -2.35. The van der Waals surface area contributed by atoms with Crippen LogP contribution in [0.25, 0.3) is 0 Å². The van der Waals surface area contributed by atoms with Gasteiger partial charge in [-0.2, -0.15) is 0 Å². The summed E-state index contributed by atoms with van der Waals surface area (Å²) >= 11 is 5.68. The highest BCUT2D eigenvalue weighted by atomic mass is 35.5. The molecule has 17 heavy (non-hydrogen) atoms. The molecule has 6 heteroatoms. The van der Waals surface area contributed by atoms with Gasteiger partial charge in [0.1, 0.15) is 5.15 Å². The minimum Gasteiger partial charge on any atom is -0.393 e. The van der Waals surface area contributed by atoms with Gasteiger partial charge in [0.05, 0.1) is 12.0 Å². The maximum atomic E-state index is 11.0. The maximum absolute atomic E-state index is 11.0. The second kappa shape index (κ2) is 4.98. The molecule has 0 bridgehead atoms. The summed E-state index contributed by atoms with van der Waals surface area (Å²) in [7, 11) is 0. The molecule has 2 rings (SSSR count). The van der Waals surface area contributed by atoms with Crippen molar-refractivity contribution < 1.29 is 10.0 Å². The molecule has 1 N–H and O–H groups in total. The van der Waals surface area contributed by atoms with Gasteiger partial charge in [-0.1, -0.05) is 17.7 Å². The lowest BCUT2D eigenvalue weighted by molar-refractivity contribution is -0.531. The number of aliphatic hydroxyl groups excluding tert-OH is 1. The van der Waals surface area contributed by atoms with Crippen molar-refractivity contribution in [2.45, 2.75) is 37.3 Å². The number of halogens is 1. The number of hydrogen-bond donors (Lipinski definition) is 1. The predicted octanol–water partition coefficient (Wildman–Crippen LogP) is 2.01. The number of pyridine rings is 1. The number of aromatic nitrogens is 1. The van der Waals surface area contributed by atoms with Gasteiger partial charge in [0, 0.05) is 17.5 Å². The van der Waals surface area contributed by atoms with Gasteiger partial charge in [-0.05, 0) is 24.5 Å². The van der Waals surface area contributed by atoms with Gasteiger partial charge in [-0.3, -0.25) is 10.1 Å². The van der Waals surface area contributed by atoms with Gasteiger partial charge in [0.2, 0.25) is 6.04 Å². The van der Waals surface area contributed by atoms with E-state index in [-0.39, 0.29) is 10.8 Å². The Morgan fingerprint density at radius 3 is 2.82 bits per heavy atom. The summed E-state index contributed by atoms with van der Waals surface area (Å²) in [6, 6.07) is 2.73. The van der Waals surface area contributed by atoms with Crippen LogP contribution in [-0.4, -0.2) is 27.2 Å². The van der Waals surface area contributed by atoms with E-state index < -0.39 is 12.1 Å². The van der Waals surface area contributed by atoms with E-state index in [2.05, 4.69) is 4.98 Å². The van der Waals surface area contributed by atoms with Gasteiger partial charge < -0.3 is 5.11 Å². The lowest BCUT2D eigenvalue weighted by Gasteiger charge is -2.28. The Hall–Kier alpha value is -1.20. The highest BCUT2D eigenvalue weighted by Crippen LogP contribution is 2.34. The van der Waals surface area contributed by atoms with Crippen LogP contribution in [0.2, 0.25) is 5.15 Å². The highest BCUT2D eigenvalue weighted by Gasteiger charge is 2.38. The minimum absolute atomic E-state index is 0.259. The smallest absolute Gasteiger partial charge is 0.220 e. The third-order valence-electron chi connectivity index (χ3n) is 3.24. The van der Waals surface area contributed by atoms with Crippen molar-refractivity contribution >= 4 is 11.6 Å². The number of nitro groups is 1. The Balaban J connectivity index is 2.25. The molecule has 1 aliphatic carbocycles. The lowest BCUT2D eigenvalue weighted by atomic mass is 9.79. The maximum Gasteiger partial charge on any atom is 0.220 e. The third-order valence-corrected chi connectivity index (χ3v) is 3.46. The predicted molar refractivity (Wildman–Crippen MR) is 62.6 cm³/mol. The summed E-state index contributed by atoms with van der Waals surface area (Å²) in [4.78, 5) is 14.7. The van der Waals surface area contributed by atoms with Gasteiger partial charge in [0.15, 0.2) is 0 Å². The molecule has 1 aromatic rings. The molecule has 0 spiro atoms. The van der Waals surface area contributed by atoms with E-state index >= 15 is 0 Å².